The van der Waals surface area contributed by atoms with E-state index in [0.29, 0.717) is 0 Å². The van der Waals surface area contributed by atoms with E-state index in [0.717, 1.165) is 54.1 Å². The number of methoxy groups -OCH3 is 1. The van der Waals surface area contributed by atoms with Crippen LogP contribution in [0.25, 0.3) is 10.9 Å². The fourth-order valence-electron chi connectivity index (χ4n) is 2.60. The quantitative estimate of drug-likeness (QED) is 0.842. The first kappa shape index (κ1) is 18.5. The van der Waals surface area contributed by atoms with Crippen molar-refractivity contribution in [1.82, 2.24) is 9.88 Å². The lowest BCUT2D eigenvalue weighted by molar-refractivity contribution is 0.316. The molecule has 1 aromatic heterocycles. The van der Waals surface area contributed by atoms with Crippen molar-refractivity contribution in [3.63, 3.8) is 0 Å². The third kappa shape index (κ3) is 4.02. The second-order valence-electron chi connectivity index (χ2n) is 5.10. The molecule has 0 radical (unpaired) electrons. The zero-order valence-electron chi connectivity index (χ0n) is 13.8. The first-order valence-corrected chi connectivity index (χ1v) is 7.59. The Morgan fingerprint density at radius 1 is 1.27 bits per heavy atom. The van der Waals surface area contributed by atoms with Crippen LogP contribution in [0.3, 0.4) is 0 Å². The summed E-state index contributed by atoms with van der Waals surface area (Å²) in [5, 5.41) is 4.65. The van der Waals surface area contributed by atoms with Crippen molar-refractivity contribution in [2.75, 3.05) is 38.6 Å². The van der Waals surface area contributed by atoms with E-state index in [1.165, 1.54) is 0 Å². The van der Waals surface area contributed by atoms with Gasteiger partial charge in [-0.2, -0.15) is 0 Å². The number of likely N-dealkylation sites (N-methyl/N-ethyl adjacent to an activating group) is 1. The van der Waals surface area contributed by atoms with Crippen LogP contribution in [0, 0.1) is 6.92 Å². The third-order valence-electron chi connectivity index (χ3n) is 3.97. The van der Waals surface area contributed by atoms with Crippen molar-refractivity contribution >= 4 is 29.0 Å². The van der Waals surface area contributed by atoms with Gasteiger partial charge in [-0.25, -0.2) is 0 Å². The lowest BCUT2D eigenvalue weighted by Gasteiger charge is -2.19. The van der Waals surface area contributed by atoms with E-state index in [4.69, 9.17) is 4.74 Å². The average molecular weight is 324 g/mol. The standard InChI is InChI=1S/C17H25N3O.ClH/c1-5-20(6-2)11-10-18-15-12-16(21-4)13(3)14-8-7-9-19-17(14)15;/h7-9,12,18H,5-6,10-11H2,1-4H3;1H. The molecular formula is C17H26ClN3O. The smallest absolute Gasteiger partial charge is 0.124 e. The summed E-state index contributed by atoms with van der Waals surface area (Å²) in [7, 11) is 1.71. The van der Waals surface area contributed by atoms with E-state index >= 15 is 0 Å². The molecule has 1 aromatic carbocycles. The van der Waals surface area contributed by atoms with E-state index in [1.54, 1.807) is 7.11 Å². The van der Waals surface area contributed by atoms with Gasteiger partial charge in [0.2, 0.25) is 0 Å². The highest BCUT2D eigenvalue weighted by molar-refractivity contribution is 5.94. The Labute approximate surface area is 139 Å². The van der Waals surface area contributed by atoms with Crippen molar-refractivity contribution in [2.45, 2.75) is 20.8 Å². The van der Waals surface area contributed by atoms with Crippen molar-refractivity contribution in [3.8, 4) is 5.75 Å². The summed E-state index contributed by atoms with van der Waals surface area (Å²) in [4.78, 5) is 6.92. The van der Waals surface area contributed by atoms with Gasteiger partial charge >= 0.3 is 0 Å². The van der Waals surface area contributed by atoms with Gasteiger partial charge in [0.05, 0.1) is 18.3 Å². The maximum absolute atomic E-state index is 5.49. The molecule has 5 heteroatoms. The zero-order chi connectivity index (χ0) is 15.2. The van der Waals surface area contributed by atoms with Gasteiger partial charge in [0.1, 0.15) is 5.75 Å². The van der Waals surface area contributed by atoms with Gasteiger partial charge in [-0.15, -0.1) is 12.4 Å². The molecular weight excluding hydrogens is 298 g/mol. The number of nitrogens with zero attached hydrogens (tertiary/aromatic N) is 2. The van der Waals surface area contributed by atoms with Crippen LogP contribution in [0.4, 0.5) is 5.69 Å². The number of nitrogens with one attached hydrogen (secondary N) is 1. The highest BCUT2D eigenvalue weighted by atomic mass is 35.5. The molecule has 122 valence electrons. The molecule has 0 saturated heterocycles. The highest BCUT2D eigenvalue weighted by Crippen LogP contribution is 2.32. The molecule has 1 N–H and O–H groups in total. The Morgan fingerprint density at radius 3 is 2.64 bits per heavy atom. The molecule has 0 aliphatic carbocycles. The summed E-state index contributed by atoms with van der Waals surface area (Å²) < 4.78 is 5.49. The minimum Gasteiger partial charge on any atom is -0.496 e. The Kier molecular flexibility index (Phi) is 7.42. The summed E-state index contributed by atoms with van der Waals surface area (Å²) in [6, 6.07) is 6.11. The highest BCUT2D eigenvalue weighted by Gasteiger charge is 2.10. The molecule has 2 aromatic rings. The number of hydrogen-bond acceptors (Lipinski definition) is 4. The fraction of sp³-hybridized carbons (Fsp3) is 0.471. The Balaban J connectivity index is 0.00000242. The second kappa shape index (κ2) is 8.81. The minimum atomic E-state index is 0. The number of pyridine rings is 1. The predicted molar refractivity (Wildman–Crippen MR) is 96.6 cm³/mol. The van der Waals surface area contributed by atoms with Crippen LogP contribution in [-0.4, -0.2) is 43.2 Å². The van der Waals surface area contributed by atoms with Gasteiger partial charge in [0.15, 0.2) is 0 Å². The molecule has 0 saturated carbocycles. The SMILES string of the molecule is CCN(CC)CCNc1cc(OC)c(C)c2cccnc12.Cl. The third-order valence-corrected chi connectivity index (χ3v) is 3.97. The summed E-state index contributed by atoms with van der Waals surface area (Å²) in [5.74, 6) is 0.904. The molecule has 0 spiro atoms. The van der Waals surface area contributed by atoms with Gasteiger partial charge in [0, 0.05) is 36.3 Å². The number of fused-ring (bicyclic) bond motifs is 1. The van der Waals surface area contributed by atoms with Gasteiger partial charge in [0.25, 0.3) is 0 Å². The number of benzene rings is 1. The minimum absolute atomic E-state index is 0. The monoisotopic (exact) mass is 323 g/mol. The lowest BCUT2D eigenvalue weighted by Crippen LogP contribution is -2.28. The van der Waals surface area contributed by atoms with Crippen LogP contribution in [0.15, 0.2) is 24.4 Å². The van der Waals surface area contributed by atoms with Crippen LogP contribution < -0.4 is 10.1 Å². The van der Waals surface area contributed by atoms with Crippen molar-refractivity contribution in [2.24, 2.45) is 0 Å². The van der Waals surface area contributed by atoms with E-state index in [2.05, 4.69) is 42.0 Å². The zero-order valence-corrected chi connectivity index (χ0v) is 14.7. The number of anilines is 1. The van der Waals surface area contributed by atoms with Crippen molar-refractivity contribution < 1.29 is 4.74 Å². The number of aromatic nitrogens is 1. The van der Waals surface area contributed by atoms with Gasteiger partial charge < -0.3 is 15.0 Å². The van der Waals surface area contributed by atoms with Crippen molar-refractivity contribution in [1.29, 1.82) is 0 Å². The molecule has 2 rings (SSSR count). The Bertz CT molecular complexity index is 600. The molecule has 1 heterocycles. The second-order valence-corrected chi connectivity index (χ2v) is 5.10. The number of rotatable bonds is 7. The lowest BCUT2D eigenvalue weighted by atomic mass is 10.1. The predicted octanol–water partition coefficient (Wildman–Crippen LogP) is 3.73. The summed E-state index contributed by atoms with van der Waals surface area (Å²) in [5.41, 5.74) is 3.19. The van der Waals surface area contributed by atoms with E-state index < -0.39 is 0 Å². The molecule has 22 heavy (non-hydrogen) atoms. The molecule has 0 aliphatic rings. The molecule has 0 amide bonds. The number of hydrogen-bond donors (Lipinski definition) is 1. The van der Waals surface area contributed by atoms with Crippen molar-refractivity contribution in [3.05, 3.63) is 30.0 Å². The first-order valence-electron chi connectivity index (χ1n) is 7.59. The van der Waals surface area contributed by atoms with Gasteiger partial charge in [-0.1, -0.05) is 19.9 Å². The van der Waals surface area contributed by atoms with Gasteiger partial charge in [-0.05, 0) is 26.1 Å². The maximum atomic E-state index is 5.49. The largest absolute Gasteiger partial charge is 0.496 e. The molecule has 4 nitrogen and oxygen atoms in total. The first-order chi connectivity index (χ1) is 10.2. The van der Waals surface area contributed by atoms with E-state index in [9.17, 15) is 0 Å². The normalized spacial score (nSPS) is 10.6. The fourth-order valence-corrected chi connectivity index (χ4v) is 2.60. The topological polar surface area (TPSA) is 37.4 Å². The Hall–Kier alpha value is -1.52. The van der Waals surface area contributed by atoms with Crippen LogP contribution in [-0.2, 0) is 0 Å². The summed E-state index contributed by atoms with van der Waals surface area (Å²) >= 11 is 0. The number of ether oxygens (including phenoxy) is 1. The number of aryl methyl sites for hydroxylation is 1. The summed E-state index contributed by atoms with van der Waals surface area (Å²) in [6.07, 6.45) is 1.84. The molecule has 0 bridgehead atoms. The van der Waals surface area contributed by atoms with Crippen LogP contribution >= 0.6 is 12.4 Å². The summed E-state index contributed by atoms with van der Waals surface area (Å²) in [6.45, 7) is 10.5. The van der Waals surface area contributed by atoms with E-state index in [1.807, 2.05) is 18.3 Å². The van der Waals surface area contributed by atoms with Gasteiger partial charge in [-0.3, -0.25) is 4.98 Å². The molecule has 0 atom stereocenters. The van der Waals surface area contributed by atoms with Crippen LogP contribution in [0.5, 0.6) is 5.75 Å². The molecule has 0 aliphatic heterocycles. The van der Waals surface area contributed by atoms with Crippen LogP contribution in [0.2, 0.25) is 0 Å². The Morgan fingerprint density at radius 2 is 2.00 bits per heavy atom. The van der Waals surface area contributed by atoms with E-state index in [-0.39, 0.29) is 12.4 Å². The molecule has 0 unspecified atom stereocenters. The number of halogens is 1. The maximum Gasteiger partial charge on any atom is 0.124 e. The average Bonchev–Trinajstić information content (AvgIpc) is 2.53. The molecule has 0 fully saturated rings. The van der Waals surface area contributed by atoms with Crippen LogP contribution in [0.1, 0.15) is 19.4 Å².